The molecule has 0 amide bonds. The van der Waals surface area contributed by atoms with Gasteiger partial charge in [0.25, 0.3) is 0 Å². The van der Waals surface area contributed by atoms with E-state index in [2.05, 4.69) is 206 Å². The Balaban J connectivity index is -0.000000401. The third-order valence-corrected chi connectivity index (χ3v) is 16.2. The maximum atomic E-state index is 8.86. The molecule has 642 valence electrons. The third kappa shape index (κ3) is 105. The van der Waals surface area contributed by atoms with Crippen molar-refractivity contribution in [1.82, 2.24) is 0 Å². The summed E-state index contributed by atoms with van der Waals surface area (Å²) in [5.74, 6) is 10.9. The van der Waals surface area contributed by atoms with E-state index >= 15 is 0 Å². The van der Waals surface area contributed by atoms with Gasteiger partial charge in [0.2, 0.25) is 0 Å². The van der Waals surface area contributed by atoms with Crippen molar-refractivity contribution in [3.8, 4) is 36.5 Å². The average Bonchev–Trinajstić information content (AvgIpc) is 1.33. The lowest BCUT2D eigenvalue weighted by atomic mass is 10.2. The molecule has 1 saturated heterocycles. The molecule has 0 radical (unpaired) electrons. The minimum absolute atomic E-state index is 0. The van der Waals surface area contributed by atoms with E-state index in [-0.39, 0.29) is 73.8 Å². The second kappa shape index (κ2) is 99.6. The number of hydrogen-bond donors (Lipinski definition) is 4. The van der Waals surface area contributed by atoms with Crippen molar-refractivity contribution in [3.63, 3.8) is 0 Å². The summed E-state index contributed by atoms with van der Waals surface area (Å²) in [6, 6.07) is 40.5. The number of epoxide rings is 1. The average molecular weight is 1800 g/mol. The van der Waals surface area contributed by atoms with Crippen LogP contribution in [0.2, 0.25) is 0 Å². The topological polar surface area (TPSA) is 167 Å². The number of unbranched alkanes of at least 4 members (excludes halogenated alkanes) is 13. The second-order valence-corrected chi connectivity index (χ2v) is 28.3. The Bertz CT molecular complexity index is 2480. The van der Waals surface area contributed by atoms with E-state index in [1.807, 2.05) is 98.8 Å². The van der Waals surface area contributed by atoms with Crippen LogP contribution in [-0.4, -0.2) is 115 Å². The van der Waals surface area contributed by atoms with Gasteiger partial charge in [-0.3, -0.25) is 0 Å². The summed E-state index contributed by atoms with van der Waals surface area (Å²) in [5, 5.41) is 34.4. The van der Waals surface area contributed by atoms with Crippen LogP contribution in [0.5, 0.6) is 0 Å². The van der Waals surface area contributed by atoms with Gasteiger partial charge >= 0.3 is 0 Å². The lowest BCUT2D eigenvalue weighted by molar-refractivity contribution is -0.0895. The molecule has 7 atom stereocenters. The standard InChI is InChI=1S/2C17H26O2.C16H23IO2.C16H24O3.C9H18O.C9H16O.C6H10.C5H8O.C3H6O.HI/c2*1-3-4-5-6-8-11-16(2)19-15-18-14-17-12-9-7-10-13-17;2*1-15(9-5-2-3-8-12-17)19-14-18-13-16-10-6-4-7-11-16;2*1-3-4-5-6-7-8-9(2)10;1-3-5-6-4-2;1-2-3-4-5-6;1-3-2-4-3;/h2*6-10,12-13,16H,3-5,11,14-15H2,1-2H3;2,4-7,10-11,15H,3,8-9,12-14H2,1H3;2,4-7,10-11,15,17H,3,8-9,12-14H2,1H3;6-7,9-10H,3-5,8H2,1-2H3;9-10H,3-5,8H2,1-2H3;1H,4-6H2,2H3;1,6H,3-5H2;3H,2H2,1H3;1H/p-1/b2*8-6+;2*5-2+;7-6+;;;;;/t2*16-;2*15-;2*9-;;;3-;/m111111..1./s1. The summed E-state index contributed by atoms with van der Waals surface area (Å²) < 4.78 is 50.2. The molecule has 1 fully saturated rings. The highest BCUT2D eigenvalue weighted by Crippen LogP contribution is 2.11. The summed E-state index contributed by atoms with van der Waals surface area (Å²) in [4.78, 5) is 0. The summed E-state index contributed by atoms with van der Waals surface area (Å²) in [7, 11) is 0. The van der Waals surface area contributed by atoms with Gasteiger partial charge in [-0.15, -0.1) is 36.5 Å². The fourth-order valence-electron chi connectivity index (χ4n) is 8.40. The number of hydrogen-bond acceptors (Lipinski definition) is 13. The molecule has 1 heterocycles. The lowest BCUT2D eigenvalue weighted by Gasteiger charge is -2.11. The molecule has 113 heavy (non-hydrogen) atoms. The van der Waals surface area contributed by atoms with Crippen LogP contribution in [-0.2, 0) is 69.1 Å². The Morgan fingerprint density at radius 3 is 0.912 bits per heavy atom. The van der Waals surface area contributed by atoms with Crippen molar-refractivity contribution in [3.05, 3.63) is 204 Å². The highest BCUT2D eigenvalue weighted by Gasteiger charge is 2.13. The Hall–Kier alpha value is -4.80. The van der Waals surface area contributed by atoms with Crippen LogP contribution in [0.3, 0.4) is 0 Å². The minimum Gasteiger partial charge on any atom is -1.00 e. The van der Waals surface area contributed by atoms with Crippen molar-refractivity contribution >= 4 is 22.6 Å². The molecule has 0 unspecified atom stereocenters. The van der Waals surface area contributed by atoms with Gasteiger partial charge in [0.1, 0.15) is 27.2 Å². The summed E-state index contributed by atoms with van der Waals surface area (Å²) >= 11 is 2.40. The summed E-state index contributed by atoms with van der Waals surface area (Å²) in [5.41, 5.74) is 4.69. The molecular formula is C98H157I2O13-. The first kappa shape index (κ1) is 117. The van der Waals surface area contributed by atoms with Crippen molar-refractivity contribution in [2.24, 2.45) is 0 Å². The Morgan fingerprint density at radius 1 is 0.398 bits per heavy atom. The Kier molecular flexibility index (Phi) is 103. The SMILES string of the molecule is C#CCCCC.C#CCCCO.CCCC/C=C/C[C@@H](C)O.CCCC/C=C/C[C@@H](C)OCOCc1ccccc1.CCCC/C=C/C[C@@H](C)OCOCc1ccccc1.CCCCC#CC[C@@H](C)O.C[C@@H]1CO1.C[C@H](C/C=C/CCCI)OCOCc1ccccc1.C[C@H](C/C=C/CCCO)OCOCc1ccccc1.[I-]. The smallest absolute Gasteiger partial charge is 0.147 e. The number of benzene rings is 4. The fraction of sp³-hybridized carbons (Fsp3) is 0.592. The molecule has 4 aromatic carbocycles. The van der Waals surface area contributed by atoms with Gasteiger partial charge in [0.05, 0.1) is 75.8 Å². The van der Waals surface area contributed by atoms with Gasteiger partial charge < -0.3 is 87.0 Å². The Labute approximate surface area is 722 Å². The fourth-order valence-corrected chi connectivity index (χ4v) is 8.84. The third-order valence-electron chi connectivity index (χ3n) is 15.4. The number of terminal acetylenes is 2. The molecule has 1 aliphatic heterocycles. The first-order valence-corrected chi connectivity index (χ1v) is 43.4. The Morgan fingerprint density at radius 2 is 0.673 bits per heavy atom. The van der Waals surface area contributed by atoms with Crippen LogP contribution in [0, 0.1) is 36.5 Å². The predicted octanol–water partition coefficient (Wildman–Crippen LogP) is 21.5. The number of aliphatic hydroxyl groups is 4. The zero-order valence-corrected chi connectivity index (χ0v) is 76.6. The van der Waals surface area contributed by atoms with E-state index < -0.39 is 0 Å². The van der Waals surface area contributed by atoms with Gasteiger partial charge in [-0.25, -0.2) is 0 Å². The molecule has 0 aromatic heterocycles. The molecular weight excluding hydrogens is 1640 g/mol. The van der Waals surface area contributed by atoms with Gasteiger partial charge in [-0.1, -0.05) is 291 Å². The molecule has 4 aromatic rings. The van der Waals surface area contributed by atoms with Crippen molar-refractivity contribution in [2.45, 2.75) is 326 Å². The van der Waals surface area contributed by atoms with Gasteiger partial charge in [-0.05, 0) is 171 Å². The normalized spacial score (nSPS) is 13.2. The van der Waals surface area contributed by atoms with Crippen LogP contribution in [0.4, 0.5) is 0 Å². The lowest BCUT2D eigenvalue weighted by Crippen LogP contribution is -3.00. The van der Waals surface area contributed by atoms with Crippen LogP contribution < -0.4 is 24.0 Å². The number of allylic oxidation sites excluding steroid dienone is 5. The van der Waals surface area contributed by atoms with Crippen LogP contribution >= 0.6 is 22.6 Å². The second-order valence-electron chi connectivity index (χ2n) is 27.2. The van der Waals surface area contributed by atoms with Crippen molar-refractivity contribution in [1.29, 1.82) is 0 Å². The van der Waals surface area contributed by atoms with Gasteiger partial charge in [-0.2, -0.15) is 0 Å². The molecule has 0 aliphatic carbocycles. The van der Waals surface area contributed by atoms with E-state index in [1.54, 1.807) is 6.92 Å². The van der Waals surface area contributed by atoms with E-state index in [4.69, 9.17) is 75.9 Å². The van der Waals surface area contributed by atoms with E-state index in [1.165, 1.54) is 111 Å². The molecule has 13 nitrogen and oxygen atoms in total. The number of halogens is 2. The number of aliphatic hydroxyl groups excluding tert-OH is 4. The van der Waals surface area contributed by atoms with Gasteiger partial charge in [0, 0.05) is 38.9 Å². The van der Waals surface area contributed by atoms with E-state index in [0.29, 0.717) is 72.5 Å². The molecule has 1 aliphatic rings. The maximum absolute atomic E-state index is 8.86. The maximum Gasteiger partial charge on any atom is 0.147 e. The first-order chi connectivity index (χ1) is 54.6. The van der Waals surface area contributed by atoms with Crippen LogP contribution in [0.25, 0.3) is 0 Å². The number of ether oxygens (including phenoxy) is 9. The minimum atomic E-state index is -0.269. The molecule has 4 N–H and O–H groups in total. The molecule has 0 spiro atoms. The van der Waals surface area contributed by atoms with Crippen LogP contribution in [0.1, 0.15) is 279 Å². The molecule has 0 bridgehead atoms. The van der Waals surface area contributed by atoms with E-state index in [9.17, 15) is 0 Å². The van der Waals surface area contributed by atoms with Crippen molar-refractivity contribution in [2.75, 3.05) is 51.4 Å². The van der Waals surface area contributed by atoms with Gasteiger partial charge in [0.15, 0.2) is 0 Å². The monoisotopic (exact) mass is 1800 g/mol. The number of rotatable bonds is 52. The summed E-state index contributed by atoms with van der Waals surface area (Å²) in [6.45, 7) is 30.0. The molecule has 5 rings (SSSR count). The largest absolute Gasteiger partial charge is 1.00 e. The summed E-state index contributed by atoms with van der Waals surface area (Å²) in [6.07, 6.45) is 61.0. The predicted molar refractivity (Wildman–Crippen MR) is 483 cm³/mol. The zero-order chi connectivity index (χ0) is 83.3. The first-order valence-electron chi connectivity index (χ1n) is 41.8. The number of alkyl halides is 1. The van der Waals surface area contributed by atoms with Crippen molar-refractivity contribution < 1.29 is 87.0 Å². The molecule has 15 heteroatoms. The highest BCUT2D eigenvalue weighted by molar-refractivity contribution is 14.1. The highest BCUT2D eigenvalue weighted by atomic mass is 127. The quantitative estimate of drug-likeness (QED) is 0.00628. The molecule has 0 saturated carbocycles. The van der Waals surface area contributed by atoms with E-state index in [0.717, 1.165) is 82.8 Å². The zero-order valence-electron chi connectivity index (χ0n) is 72.3. The van der Waals surface area contributed by atoms with Crippen LogP contribution in [0.15, 0.2) is 182 Å².